The molecule has 1 N–H and O–H groups in total. The molecule has 0 bridgehead atoms. The number of Topliss-reactive ketones (excluding diaryl/α,β-unsaturated/α-hetero) is 1. The normalized spacial score (nSPS) is 18.6. The summed E-state index contributed by atoms with van der Waals surface area (Å²) in [5.41, 5.74) is 0.438. The van der Waals surface area contributed by atoms with Crippen LogP contribution in [0.15, 0.2) is 70.2 Å². The van der Waals surface area contributed by atoms with E-state index >= 15 is 0 Å². The molecule has 0 spiro atoms. The number of aliphatic hydroxyl groups is 1. The Morgan fingerprint density at radius 1 is 1.18 bits per heavy atom. The van der Waals surface area contributed by atoms with Crippen molar-refractivity contribution in [2.75, 3.05) is 7.11 Å². The summed E-state index contributed by atoms with van der Waals surface area (Å²) in [4.78, 5) is 27.9. The van der Waals surface area contributed by atoms with Gasteiger partial charge in [0.15, 0.2) is 0 Å². The minimum atomic E-state index is -0.792. The number of hydrogen-bond acceptors (Lipinski definition) is 6. The Balaban J connectivity index is 1.81. The van der Waals surface area contributed by atoms with Crippen molar-refractivity contribution in [1.82, 2.24) is 4.90 Å². The van der Waals surface area contributed by atoms with E-state index in [2.05, 4.69) is 0 Å². The molecule has 6 nitrogen and oxygen atoms in total. The second-order valence-corrected chi connectivity index (χ2v) is 7.28. The molecule has 1 aromatic carbocycles. The van der Waals surface area contributed by atoms with E-state index in [0.717, 1.165) is 4.88 Å². The van der Waals surface area contributed by atoms with Crippen LogP contribution in [-0.2, 0) is 16.1 Å². The van der Waals surface area contributed by atoms with Gasteiger partial charge in [0.1, 0.15) is 23.3 Å². The topological polar surface area (TPSA) is 80.0 Å². The highest BCUT2D eigenvalue weighted by molar-refractivity contribution is 7.09. The van der Waals surface area contributed by atoms with Gasteiger partial charge in [-0.1, -0.05) is 6.07 Å². The number of furan rings is 1. The molecule has 1 amide bonds. The monoisotopic (exact) mass is 395 g/mol. The molecule has 3 heterocycles. The fraction of sp³-hybridized carbons (Fsp3) is 0.143. The van der Waals surface area contributed by atoms with Crippen molar-refractivity contribution < 1.29 is 23.8 Å². The van der Waals surface area contributed by atoms with Crippen molar-refractivity contribution in [3.05, 3.63) is 81.9 Å². The fourth-order valence-electron chi connectivity index (χ4n) is 3.26. The number of nitrogens with zero attached hydrogens (tertiary/aromatic N) is 1. The SMILES string of the molecule is COc1ccc(/C(O)=C2\C(=O)C(=O)N(Cc3cccs3)C2c2ccco2)cc1. The Labute approximate surface area is 165 Å². The summed E-state index contributed by atoms with van der Waals surface area (Å²) in [6, 6.07) is 13.0. The van der Waals surface area contributed by atoms with Crippen LogP contribution in [0.25, 0.3) is 5.76 Å². The van der Waals surface area contributed by atoms with Crippen LogP contribution in [0.1, 0.15) is 22.2 Å². The van der Waals surface area contributed by atoms with Gasteiger partial charge in [0.25, 0.3) is 11.7 Å². The van der Waals surface area contributed by atoms with E-state index < -0.39 is 17.7 Å². The van der Waals surface area contributed by atoms with E-state index in [1.807, 2.05) is 17.5 Å². The number of aliphatic hydroxyl groups excluding tert-OH is 1. The first-order valence-corrected chi connectivity index (χ1v) is 9.46. The zero-order valence-electron chi connectivity index (χ0n) is 15.0. The number of benzene rings is 1. The van der Waals surface area contributed by atoms with Gasteiger partial charge in [-0.15, -0.1) is 11.3 Å². The number of amides is 1. The van der Waals surface area contributed by atoms with Gasteiger partial charge in [0.2, 0.25) is 0 Å². The standard InChI is InChI=1S/C21H17NO5S/c1-26-14-8-6-13(7-9-14)19(23)17-18(16-5-2-10-27-16)22(21(25)20(17)24)12-15-4-3-11-28-15/h2-11,18,23H,12H2,1H3/b19-17+. The van der Waals surface area contributed by atoms with Crippen LogP contribution in [0.4, 0.5) is 0 Å². The highest BCUT2D eigenvalue weighted by Crippen LogP contribution is 2.40. The van der Waals surface area contributed by atoms with Crippen LogP contribution in [0.3, 0.4) is 0 Å². The molecule has 0 radical (unpaired) electrons. The Morgan fingerprint density at radius 2 is 1.96 bits per heavy atom. The van der Waals surface area contributed by atoms with Crippen LogP contribution in [0, 0.1) is 0 Å². The van der Waals surface area contributed by atoms with E-state index in [1.54, 1.807) is 43.5 Å². The molecule has 28 heavy (non-hydrogen) atoms. The van der Waals surface area contributed by atoms with Crippen molar-refractivity contribution in [2.24, 2.45) is 0 Å². The van der Waals surface area contributed by atoms with Crippen molar-refractivity contribution in [3.8, 4) is 5.75 Å². The minimum absolute atomic E-state index is 0.0154. The molecule has 1 unspecified atom stereocenters. The van der Waals surface area contributed by atoms with Gasteiger partial charge in [0, 0.05) is 10.4 Å². The highest BCUT2D eigenvalue weighted by atomic mass is 32.1. The van der Waals surface area contributed by atoms with E-state index in [9.17, 15) is 14.7 Å². The molecule has 0 saturated carbocycles. The molecule has 4 rings (SSSR count). The number of ether oxygens (including phenoxy) is 1. The van der Waals surface area contributed by atoms with E-state index in [0.29, 0.717) is 17.1 Å². The Bertz CT molecular complexity index is 1020. The number of hydrogen-bond donors (Lipinski definition) is 1. The van der Waals surface area contributed by atoms with Crippen LogP contribution >= 0.6 is 11.3 Å². The van der Waals surface area contributed by atoms with Crippen molar-refractivity contribution in [1.29, 1.82) is 0 Å². The lowest BCUT2D eigenvalue weighted by Crippen LogP contribution is -2.28. The van der Waals surface area contributed by atoms with Crippen LogP contribution in [-0.4, -0.2) is 28.8 Å². The lowest BCUT2D eigenvalue weighted by atomic mass is 9.99. The van der Waals surface area contributed by atoms with Gasteiger partial charge in [0.05, 0.1) is 25.5 Å². The predicted octanol–water partition coefficient (Wildman–Crippen LogP) is 3.97. The maximum atomic E-state index is 12.8. The van der Waals surface area contributed by atoms with Gasteiger partial charge in [-0.25, -0.2) is 0 Å². The summed E-state index contributed by atoms with van der Waals surface area (Å²) in [6.45, 7) is 0.257. The van der Waals surface area contributed by atoms with Crippen LogP contribution in [0.5, 0.6) is 5.75 Å². The second-order valence-electron chi connectivity index (χ2n) is 6.25. The lowest BCUT2D eigenvalue weighted by Gasteiger charge is -2.22. The molecule has 2 aromatic heterocycles. The molecule has 1 aliphatic rings. The third kappa shape index (κ3) is 3.10. The Hall–Kier alpha value is -3.32. The van der Waals surface area contributed by atoms with Gasteiger partial charge < -0.3 is 19.2 Å². The Morgan fingerprint density at radius 3 is 2.57 bits per heavy atom. The zero-order chi connectivity index (χ0) is 19.7. The van der Waals surface area contributed by atoms with Crippen molar-refractivity contribution in [3.63, 3.8) is 0 Å². The largest absolute Gasteiger partial charge is 0.507 e. The van der Waals surface area contributed by atoms with Gasteiger partial charge in [-0.3, -0.25) is 9.59 Å². The van der Waals surface area contributed by atoms with E-state index in [4.69, 9.17) is 9.15 Å². The third-order valence-corrected chi connectivity index (χ3v) is 5.48. The number of thiophene rings is 1. The summed E-state index contributed by atoms with van der Waals surface area (Å²) >= 11 is 1.49. The van der Waals surface area contributed by atoms with E-state index in [-0.39, 0.29) is 17.9 Å². The first-order chi connectivity index (χ1) is 13.6. The Kier molecular flexibility index (Phi) is 4.75. The van der Waals surface area contributed by atoms with Gasteiger partial charge >= 0.3 is 0 Å². The summed E-state index contributed by atoms with van der Waals surface area (Å²) in [5.74, 6) is -0.588. The summed E-state index contributed by atoms with van der Waals surface area (Å²) in [5, 5.41) is 12.8. The smallest absolute Gasteiger partial charge is 0.296 e. The number of likely N-dealkylation sites (tertiary alicyclic amines) is 1. The average molecular weight is 395 g/mol. The molecule has 7 heteroatoms. The number of rotatable bonds is 5. The molecular formula is C21H17NO5S. The molecule has 1 fully saturated rings. The highest BCUT2D eigenvalue weighted by Gasteiger charge is 2.47. The molecule has 1 aliphatic heterocycles. The number of carbonyl (C=O) groups excluding carboxylic acids is 2. The first-order valence-electron chi connectivity index (χ1n) is 8.58. The molecule has 1 saturated heterocycles. The molecule has 1 atom stereocenters. The zero-order valence-corrected chi connectivity index (χ0v) is 15.8. The number of methoxy groups -OCH3 is 1. The fourth-order valence-corrected chi connectivity index (χ4v) is 3.96. The average Bonchev–Trinajstić information content (AvgIpc) is 3.46. The second kappa shape index (κ2) is 7.36. The summed E-state index contributed by atoms with van der Waals surface area (Å²) in [6.07, 6.45) is 1.48. The van der Waals surface area contributed by atoms with Gasteiger partial charge in [-0.2, -0.15) is 0 Å². The minimum Gasteiger partial charge on any atom is -0.507 e. The predicted molar refractivity (Wildman–Crippen MR) is 104 cm³/mol. The number of ketones is 1. The van der Waals surface area contributed by atoms with Crippen LogP contribution < -0.4 is 4.74 Å². The summed E-state index contributed by atoms with van der Waals surface area (Å²) in [7, 11) is 1.54. The molecule has 0 aliphatic carbocycles. The maximum Gasteiger partial charge on any atom is 0.296 e. The quantitative estimate of drug-likeness (QED) is 0.402. The lowest BCUT2D eigenvalue weighted by molar-refractivity contribution is -0.140. The van der Waals surface area contributed by atoms with Crippen molar-refractivity contribution >= 4 is 28.8 Å². The first kappa shape index (κ1) is 18.1. The van der Waals surface area contributed by atoms with E-state index in [1.165, 1.54) is 22.5 Å². The van der Waals surface area contributed by atoms with Crippen molar-refractivity contribution in [2.45, 2.75) is 12.6 Å². The maximum absolute atomic E-state index is 12.8. The van der Waals surface area contributed by atoms with Crippen LogP contribution in [0.2, 0.25) is 0 Å². The third-order valence-electron chi connectivity index (χ3n) is 4.62. The molecular weight excluding hydrogens is 378 g/mol. The molecule has 3 aromatic rings. The number of carbonyl (C=O) groups is 2. The molecule has 142 valence electrons. The van der Waals surface area contributed by atoms with Gasteiger partial charge in [-0.05, 0) is 47.8 Å². The summed E-state index contributed by atoms with van der Waals surface area (Å²) < 4.78 is 10.6.